The number of benzene rings is 1. The second-order valence-corrected chi connectivity index (χ2v) is 7.27. The van der Waals surface area contributed by atoms with Crippen LogP contribution in [-0.4, -0.2) is 22.6 Å². The van der Waals surface area contributed by atoms with Crippen molar-refractivity contribution in [2.45, 2.75) is 25.5 Å². The van der Waals surface area contributed by atoms with Crippen molar-refractivity contribution in [3.05, 3.63) is 28.2 Å². The van der Waals surface area contributed by atoms with Gasteiger partial charge < -0.3 is 9.29 Å². The van der Waals surface area contributed by atoms with E-state index in [0.717, 1.165) is 15.8 Å². The van der Waals surface area contributed by atoms with E-state index in [1.165, 1.54) is 0 Å². The van der Waals surface area contributed by atoms with Crippen molar-refractivity contribution in [1.82, 2.24) is 0 Å². The van der Waals surface area contributed by atoms with Crippen LogP contribution in [0.1, 0.15) is 26.3 Å². The predicted octanol–water partition coefficient (Wildman–Crippen LogP) is 3.34. The number of halogens is 1. The molecule has 3 nitrogen and oxygen atoms in total. The van der Waals surface area contributed by atoms with Gasteiger partial charge in [-0.1, -0.05) is 4.40 Å². The topological polar surface area (TPSA) is 44.6 Å². The van der Waals surface area contributed by atoms with Gasteiger partial charge in [0.1, 0.15) is 21.9 Å². The normalized spacial score (nSPS) is 14.0. The first-order chi connectivity index (χ1) is 7.84. The summed E-state index contributed by atoms with van der Waals surface area (Å²) in [7, 11) is 1.62. The molecule has 5 heteroatoms. The van der Waals surface area contributed by atoms with E-state index in [9.17, 15) is 4.55 Å². The van der Waals surface area contributed by atoms with Crippen molar-refractivity contribution >= 4 is 33.5 Å². The lowest BCUT2D eigenvalue weighted by Crippen LogP contribution is -2.25. The number of methoxy groups -OCH3 is 1. The van der Waals surface area contributed by atoms with E-state index in [1.807, 2.05) is 39.0 Å². The zero-order valence-corrected chi connectivity index (χ0v) is 12.8. The van der Waals surface area contributed by atoms with Gasteiger partial charge in [0.15, 0.2) is 0 Å². The van der Waals surface area contributed by atoms with E-state index in [-0.39, 0.29) is 4.75 Å². The molecule has 94 valence electrons. The highest BCUT2D eigenvalue weighted by Gasteiger charge is 2.25. The molecule has 0 aromatic heterocycles. The van der Waals surface area contributed by atoms with Crippen LogP contribution in [0.4, 0.5) is 0 Å². The minimum atomic E-state index is -1.24. The fraction of sp³-hybridized carbons (Fsp3) is 0.417. The number of nitrogens with zero attached hydrogens (tertiary/aromatic N) is 1. The number of ether oxygens (including phenoxy) is 1. The van der Waals surface area contributed by atoms with Crippen molar-refractivity contribution in [1.29, 1.82) is 0 Å². The Morgan fingerprint density at radius 2 is 2.06 bits per heavy atom. The molecule has 0 amide bonds. The number of rotatable bonds is 3. The Balaban J connectivity index is 2.85. The van der Waals surface area contributed by atoms with E-state index < -0.39 is 11.4 Å². The van der Waals surface area contributed by atoms with Crippen molar-refractivity contribution in [2.75, 3.05) is 7.11 Å². The summed E-state index contributed by atoms with van der Waals surface area (Å²) in [6.45, 7) is 5.68. The maximum Gasteiger partial charge on any atom is 0.144 e. The summed E-state index contributed by atoms with van der Waals surface area (Å²) < 4.78 is 21.4. The van der Waals surface area contributed by atoms with E-state index in [2.05, 4.69) is 20.3 Å². The molecule has 1 atom stereocenters. The van der Waals surface area contributed by atoms with Gasteiger partial charge in [-0.3, -0.25) is 0 Å². The molecule has 0 bridgehead atoms. The Kier molecular flexibility index (Phi) is 5.04. The lowest BCUT2D eigenvalue weighted by molar-refractivity contribution is 0.414. The quantitative estimate of drug-likeness (QED) is 0.634. The van der Waals surface area contributed by atoms with Crippen LogP contribution in [0.5, 0.6) is 5.75 Å². The first-order valence-electron chi connectivity index (χ1n) is 5.14. The van der Waals surface area contributed by atoms with Crippen molar-refractivity contribution in [3.63, 3.8) is 0 Å². The zero-order chi connectivity index (χ0) is 13.1. The second-order valence-electron chi connectivity index (χ2n) is 4.48. The lowest BCUT2D eigenvalue weighted by atomic mass is 10.2. The van der Waals surface area contributed by atoms with Gasteiger partial charge in [0.2, 0.25) is 0 Å². The zero-order valence-electron chi connectivity index (χ0n) is 10.4. The fourth-order valence-electron chi connectivity index (χ4n) is 1.00. The van der Waals surface area contributed by atoms with Gasteiger partial charge in [-0.15, -0.1) is 0 Å². The summed E-state index contributed by atoms with van der Waals surface area (Å²) >= 11 is 2.18. The van der Waals surface area contributed by atoms with E-state index in [1.54, 1.807) is 13.3 Å². The monoisotopic (exact) mass is 317 g/mol. The number of hydrogen-bond acceptors (Lipinski definition) is 3. The van der Waals surface area contributed by atoms with Gasteiger partial charge >= 0.3 is 0 Å². The standard InChI is InChI=1S/C12H16BrNO2S/c1-12(2,3)17(15)14-8-9-5-6-10(16-4)7-11(9)13/h5-8H,1-4H3/b14-8+. The van der Waals surface area contributed by atoms with Crippen molar-refractivity contribution in [2.24, 2.45) is 4.40 Å². The van der Waals surface area contributed by atoms with Gasteiger partial charge in [0.25, 0.3) is 0 Å². The van der Waals surface area contributed by atoms with Gasteiger partial charge in [-0.05, 0) is 54.9 Å². The third-order valence-electron chi connectivity index (χ3n) is 2.02. The average Bonchev–Trinajstić information content (AvgIpc) is 2.25. The molecular formula is C12H16BrNO2S. The molecule has 0 aliphatic heterocycles. The average molecular weight is 318 g/mol. The van der Waals surface area contributed by atoms with Crippen LogP contribution >= 0.6 is 15.9 Å². The molecule has 0 aliphatic carbocycles. The van der Waals surface area contributed by atoms with Crippen LogP contribution in [0, 0.1) is 0 Å². The smallest absolute Gasteiger partial charge is 0.144 e. The summed E-state index contributed by atoms with van der Waals surface area (Å²) in [6.07, 6.45) is 1.62. The Morgan fingerprint density at radius 1 is 1.41 bits per heavy atom. The molecule has 0 saturated carbocycles. The van der Waals surface area contributed by atoms with Gasteiger partial charge in [0, 0.05) is 10.0 Å². The predicted molar refractivity (Wildman–Crippen MR) is 76.2 cm³/mol. The Bertz CT molecular complexity index is 415. The summed E-state index contributed by atoms with van der Waals surface area (Å²) in [5.74, 6) is 0.769. The van der Waals surface area contributed by atoms with Crippen LogP contribution in [0.15, 0.2) is 27.1 Å². The van der Waals surface area contributed by atoms with Crippen LogP contribution < -0.4 is 4.74 Å². The molecule has 0 radical (unpaired) electrons. The molecule has 0 saturated heterocycles. The maximum absolute atomic E-state index is 11.7. The van der Waals surface area contributed by atoms with Crippen LogP contribution in [0.25, 0.3) is 0 Å². The third kappa shape index (κ3) is 4.33. The first-order valence-corrected chi connectivity index (χ1v) is 7.04. The van der Waals surface area contributed by atoms with Crippen LogP contribution in [-0.2, 0) is 11.4 Å². The summed E-state index contributed by atoms with van der Waals surface area (Å²) in [5, 5.41) is 0. The Morgan fingerprint density at radius 3 is 2.53 bits per heavy atom. The summed E-state index contributed by atoms with van der Waals surface area (Å²) in [4.78, 5) is 0. The van der Waals surface area contributed by atoms with Gasteiger partial charge in [-0.2, -0.15) is 0 Å². The molecule has 1 rings (SSSR count). The molecule has 0 fully saturated rings. The van der Waals surface area contributed by atoms with E-state index in [4.69, 9.17) is 4.74 Å². The minimum Gasteiger partial charge on any atom is -0.591 e. The van der Waals surface area contributed by atoms with E-state index in [0.29, 0.717) is 0 Å². The maximum atomic E-state index is 11.7. The second kappa shape index (κ2) is 5.89. The van der Waals surface area contributed by atoms with Crippen LogP contribution in [0.3, 0.4) is 0 Å². The van der Waals surface area contributed by atoms with Crippen LogP contribution in [0.2, 0.25) is 0 Å². The highest BCUT2D eigenvalue weighted by Crippen LogP contribution is 2.22. The molecule has 0 heterocycles. The fourth-order valence-corrected chi connectivity index (χ4v) is 1.99. The van der Waals surface area contributed by atoms with E-state index >= 15 is 0 Å². The first kappa shape index (κ1) is 14.5. The molecule has 0 spiro atoms. The van der Waals surface area contributed by atoms with Gasteiger partial charge in [0.05, 0.1) is 13.3 Å². The minimum absolute atomic E-state index is 0.338. The molecule has 1 unspecified atom stereocenters. The molecule has 0 aliphatic rings. The molecule has 17 heavy (non-hydrogen) atoms. The highest BCUT2D eigenvalue weighted by molar-refractivity contribution is 9.10. The van der Waals surface area contributed by atoms with Gasteiger partial charge in [-0.25, -0.2) is 0 Å². The lowest BCUT2D eigenvalue weighted by Gasteiger charge is -2.17. The Labute approximate surface area is 114 Å². The molecule has 1 aromatic carbocycles. The third-order valence-corrected chi connectivity index (χ3v) is 4.05. The van der Waals surface area contributed by atoms with Crippen molar-refractivity contribution < 1.29 is 9.29 Å². The Hall–Kier alpha value is -0.520. The number of hydrogen-bond donors (Lipinski definition) is 0. The van der Waals surface area contributed by atoms with Crippen molar-refractivity contribution in [3.8, 4) is 5.75 Å². The molecule has 1 aromatic rings. The largest absolute Gasteiger partial charge is 0.591 e. The summed E-state index contributed by atoms with van der Waals surface area (Å²) in [5.41, 5.74) is 0.878. The summed E-state index contributed by atoms with van der Waals surface area (Å²) in [6, 6.07) is 5.56. The highest BCUT2D eigenvalue weighted by atomic mass is 79.9. The molecular weight excluding hydrogens is 302 g/mol. The SMILES string of the molecule is COc1ccc(/C=N/[S+]([O-])C(C)(C)C)c(Br)c1. The molecule has 0 N–H and O–H groups in total.